The van der Waals surface area contributed by atoms with Gasteiger partial charge in [-0.15, -0.1) is 24.8 Å². The maximum absolute atomic E-state index is 6.00. The molecule has 1 saturated heterocycles. The first-order valence-electron chi connectivity index (χ1n) is 6.88. The van der Waals surface area contributed by atoms with Crippen LogP contribution in [0.5, 0.6) is 0 Å². The fourth-order valence-electron chi connectivity index (χ4n) is 2.45. The van der Waals surface area contributed by atoms with Gasteiger partial charge in [0.25, 0.3) is 0 Å². The van der Waals surface area contributed by atoms with Crippen LogP contribution in [0.3, 0.4) is 0 Å². The molecule has 0 bridgehead atoms. The maximum atomic E-state index is 6.00. The molecular weight excluding hydrogens is 345 g/mol. The van der Waals surface area contributed by atoms with Gasteiger partial charge in [-0.1, -0.05) is 23.7 Å². The number of piperazine rings is 1. The summed E-state index contributed by atoms with van der Waals surface area (Å²) in [5.74, 6) is 1.53. The number of hydrogen-bond acceptors (Lipinski definition) is 4. The third kappa shape index (κ3) is 4.61. The van der Waals surface area contributed by atoms with E-state index in [1.54, 1.807) is 6.20 Å². The fraction of sp³-hybridized carbons (Fsp3) is 0.400. The Bertz CT molecular complexity index is 591. The second-order valence-electron chi connectivity index (χ2n) is 5.15. The summed E-state index contributed by atoms with van der Waals surface area (Å²) in [6.45, 7) is 6.03. The summed E-state index contributed by atoms with van der Waals surface area (Å²) in [7, 11) is 0. The molecule has 1 aromatic carbocycles. The molecule has 2 heterocycles. The van der Waals surface area contributed by atoms with Crippen molar-refractivity contribution >= 4 is 36.4 Å². The molecule has 1 aliphatic rings. The molecule has 0 radical (unpaired) electrons. The lowest BCUT2D eigenvalue weighted by molar-refractivity contribution is 0.151. The molecule has 122 valence electrons. The summed E-state index contributed by atoms with van der Waals surface area (Å²) in [5.41, 5.74) is 0.963. The Balaban J connectivity index is 0.00000121. The Labute approximate surface area is 148 Å². The number of rotatable bonds is 3. The van der Waals surface area contributed by atoms with Gasteiger partial charge >= 0.3 is 0 Å². The summed E-state index contributed by atoms with van der Waals surface area (Å²) in [4.78, 5) is 6.76. The van der Waals surface area contributed by atoms with E-state index in [1.807, 2.05) is 24.3 Å². The molecule has 0 amide bonds. The van der Waals surface area contributed by atoms with E-state index >= 15 is 0 Å². The molecule has 1 N–H and O–H groups in total. The third-order valence-corrected chi connectivity index (χ3v) is 3.88. The van der Waals surface area contributed by atoms with E-state index in [0.29, 0.717) is 11.1 Å². The van der Waals surface area contributed by atoms with Crippen molar-refractivity contribution in [3.8, 4) is 11.3 Å². The number of oxazole rings is 1. The van der Waals surface area contributed by atoms with Crippen molar-refractivity contribution in [1.29, 1.82) is 0 Å². The maximum Gasteiger partial charge on any atom is 0.209 e. The van der Waals surface area contributed by atoms with Crippen LogP contribution in [0, 0.1) is 0 Å². The Morgan fingerprint density at radius 1 is 1.41 bits per heavy atom. The lowest BCUT2D eigenvalue weighted by Gasteiger charge is -2.32. The van der Waals surface area contributed by atoms with Crippen LogP contribution in [-0.4, -0.2) is 35.6 Å². The number of halogens is 3. The normalized spacial score (nSPS) is 18.4. The molecule has 0 saturated carbocycles. The standard InChI is InChI=1S/C15H18ClN3O.2ClH/c1-11-8-17-5-6-19(11)10-15-18-9-14(20-15)12-3-2-4-13(16)7-12;;/h2-4,7,9,11,17H,5-6,8,10H2,1H3;2*1H/t11-;;/m1../s1. The number of aromatic nitrogens is 1. The molecule has 1 aromatic heterocycles. The van der Waals surface area contributed by atoms with Crippen LogP contribution < -0.4 is 5.32 Å². The van der Waals surface area contributed by atoms with E-state index in [1.165, 1.54) is 0 Å². The van der Waals surface area contributed by atoms with Crippen molar-refractivity contribution in [2.75, 3.05) is 19.6 Å². The van der Waals surface area contributed by atoms with Crippen LogP contribution in [0.4, 0.5) is 0 Å². The van der Waals surface area contributed by atoms with Crippen LogP contribution >= 0.6 is 36.4 Å². The van der Waals surface area contributed by atoms with Gasteiger partial charge in [0.2, 0.25) is 5.89 Å². The highest BCUT2D eigenvalue weighted by atomic mass is 35.5. The molecule has 22 heavy (non-hydrogen) atoms. The Morgan fingerprint density at radius 2 is 2.23 bits per heavy atom. The molecule has 2 aromatic rings. The van der Waals surface area contributed by atoms with Crippen molar-refractivity contribution in [2.24, 2.45) is 0 Å². The van der Waals surface area contributed by atoms with Crippen LogP contribution in [0.25, 0.3) is 11.3 Å². The first kappa shape index (κ1) is 19.3. The second kappa shape index (κ2) is 8.75. The van der Waals surface area contributed by atoms with E-state index in [9.17, 15) is 0 Å². The summed E-state index contributed by atoms with van der Waals surface area (Å²) in [6.07, 6.45) is 1.77. The average Bonchev–Trinajstić information content (AvgIpc) is 2.90. The first-order chi connectivity index (χ1) is 9.72. The Morgan fingerprint density at radius 3 is 2.95 bits per heavy atom. The van der Waals surface area contributed by atoms with Gasteiger partial charge in [-0.05, 0) is 19.1 Å². The topological polar surface area (TPSA) is 41.3 Å². The Hall–Kier alpha value is -0.780. The first-order valence-corrected chi connectivity index (χ1v) is 7.25. The summed E-state index contributed by atoms with van der Waals surface area (Å²) in [6, 6.07) is 8.14. The molecule has 1 atom stereocenters. The number of nitrogens with zero attached hydrogens (tertiary/aromatic N) is 2. The molecule has 4 nitrogen and oxygen atoms in total. The minimum absolute atomic E-state index is 0. The minimum Gasteiger partial charge on any atom is -0.439 e. The lowest BCUT2D eigenvalue weighted by Crippen LogP contribution is -2.49. The molecular formula is C15H20Cl3N3O. The van der Waals surface area contributed by atoms with Gasteiger partial charge in [-0.3, -0.25) is 4.90 Å². The van der Waals surface area contributed by atoms with Crippen LogP contribution in [0.15, 0.2) is 34.9 Å². The molecule has 0 unspecified atom stereocenters. The zero-order chi connectivity index (χ0) is 13.9. The number of nitrogens with one attached hydrogen (secondary N) is 1. The van der Waals surface area contributed by atoms with Crippen LogP contribution in [0.2, 0.25) is 5.02 Å². The van der Waals surface area contributed by atoms with Crippen molar-refractivity contribution < 1.29 is 4.42 Å². The van der Waals surface area contributed by atoms with Crippen LogP contribution in [-0.2, 0) is 6.54 Å². The largest absolute Gasteiger partial charge is 0.439 e. The predicted octanol–water partition coefficient (Wildman–Crippen LogP) is 3.63. The van der Waals surface area contributed by atoms with Crippen LogP contribution in [0.1, 0.15) is 12.8 Å². The van der Waals surface area contributed by atoms with Gasteiger partial charge in [0.1, 0.15) is 0 Å². The molecule has 3 rings (SSSR count). The Kier molecular flexibility index (Phi) is 7.66. The molecule has 0 spiro atoms. The molecule has 1 fully saturated rings. The summed E-state index contributed by atoms with van der Waals surface area (Å²) < 4.78 is 5.84. The van der Waals surface area contributed by atoms with E-state index in [2.05, 4.69) is 22.1 Å². The zero-order valence-electron chi connectivity index (χ0n) is 12.3. The lowest BCUT2D eigenvalue weighted by atomic mass is 10.2. The molecule has 1 aliphatic heterocycles. The van der Waals surface area contributed by atoms with Gasteiger partial charge in [0, 0.05) is 36.3 Å². The van der Waals surface area contributed by atoms with Crippen molar-refractivity contribution in [3.63, 3.8) is 0 Å². The monoisotopic (exact) mass is 363 g/mol. The summed E-state index contributed by atoms with van der Waals surface area (Å²) >= 11 is 6.00. The van der Waals surface area contributed by atoms with E-state index in [0.717, 1.165) is 43.4 Å². The predicted molar refractivity (Wildman–Crippen MR) is 94.2 cm³/mol. The fourth-order valence-corrected chi connectivity index (χ4v) is 2.64. The number of hydrogen-bond donors (Lipinski definition) is 1. The smallest absolute Gasteiger partial charge is 0.209 e. The quantitative estimate of drug-likeness (QED) is 0.903. The highest BCUT2D eigenvalue weighted by Crippen LogP contribution is 2.24. The number of benzene rings is 1. The van der Waals surface area contributed by atoms with Crippen molar-refractivity contribution in [2.45, 2.75) is 19.5 Å². The van der Waals surface area contributed by atoms with Crippen molar-refractivity contribution in [1.82, 2.24) is 15.2 Å². The van der Waals surface area contributed by atoms with E-state index in [4.69, 9.17) is 16.0 Å². The van der Waals surface area contributed by atoms with Crippen molar-refractivity contribution in [3.05, 3.63) is 41.4 Å². The average molecular weight is 365 g/mol. The third-order valence-electron chi connectivity index (χ3n) is 3.64. The van der Waals surface area contributed by atoms with Gasteiger partial charge in [-0.25, -0.2) is 4.98 Å². The zero-order valence-corrected chi connectivity index (χ0v) is 14.7. The highest BCUT2D eigenvalue weighted by molar-refractivity contribution is 6.30. The second-order valence-corrected chi connectivity index (χ2v) is 5.59. The molecule has 7 heteroatoms. The SMILES string of the molecule is C[C@@H]1CNCCN1Cc1ncc(-c2cccc(Cl)c2)o1.Cl.Cl. The van der Waals surface area contributed by atoms with Gasteiger partial charge in [0.05, 0.1) is 12.7 Å². The molecule has 0 aliphatic carbocycles. The van der Waals surface area contributed by atoms with Gasteiger partial charge in [0.15, 0.2) is 5.76 Å². The van der Waals surface area contributed by atoms with Gasteiger partial charge < -0.3 is 9.73 Å². The minimum atomic E-state index is 0. The summed E-state index contributed by atoms with van der Waals surface area (Å²) in [5, 5.41) is 4.08. The van der Waals surface area contributed by atoms with Gasteiger partial charge in [-0.2, -0.15) is 0 Å². The van der Waals surface area contributed by atoms with E-state index in [-0.39, 0.29) is 24.8 Å². The van der Waals surface area contributed by atoms with E-state index < -0.39 is 0 Å². The highest BCUT2D eigenvalue weighted by Gasteiger charge is 2.20.